The highest BCUT2D eigenvalue weighted by Gasteiger charge is 2.08. The Hall–Kier alpha value is -1.51. The van der Waals surface area contributed by atoms with Gasteiger partial charge in [0.2, 0.25) is 0 Å². The van der Waals surface area contributed by atoms with Gasteiger partial charge in [-0.1, -0.05) is 13.0 Å². The van der Waals surface area contributed by atoms with Gasteiger partial charge < -0.3 is 0 Å². The van der Waals surface area contributed by atoms with Gasteiger partial charge in [0.25, 0.3) is 0 Å². The van der Waals surface area contributed by atoms with Gasteiger partial charge >= 0.3 is 0 Å². The first kappa shape index (κ1) is 9.06. The van der Waals surface area contributed by atoms with Crippen molar-refractivity contribution in [2.45, 2.75) is 13.3 Å². The van der Waals surface area contributed by atoms with Crippen LogP contribution >= 0.6 is 0 Å². The van der Waals surface area contributed by atoms with Crippen LogP contribution in [0, 0.1) is 11.6 Å². The van der Waals surface area contributed by atoms with Crippen LogP contribution in [0.5, 0.6) is 0 Å². The molecule has 3 heteroatoms. The summed E-state index contributed by atoms with van der Waals surface area (Å²) in [6.45, 7) is 1.92. The first-order valence-corrected chi connectivity index (χ1v) is 4.46. The molecule has 0 aliphatic rings. The Balaban J connectivity index is 2.78. The zero-order valence-corrected chi connectivity index (χ0v) is 7.72. The SMILES string of the molecule is CCc1ccc2ccc(F)c(F)c2n1. The molecule has 0 spiro atoms. The van der Waals surface area contributed by atoms with Crippen LogP contribution in [0.1, 0.15) is 12.6 Å². The molecule has 2 rings (SSSR count). The molecule has 0 unspecified atom stereocenters. The highest BCUT2D eigenvalue weighted by molar-refractivity contribution is 5.79. The van der Waals surface area contributed by atoms with Crippen LogP contribution in [-0.2, 0) is 6.42 Å². The van der Waals surface area contributed by atoms with Crippen molar-refractivity contribution in [3.05, 3.63) is 41.6 Å². The van der Waals surface area contributed by atoms with Crippen molar-refractivity contribution >= 4 is 10.9 Å². The number of fused-ring (bicyclic) bond motifs is 1. The lowest BCUT2D eigenvalue weighted by molar-refractivity contribution is 0.515. The van der Waals surface area contributed by atoms with Gasteiger partial charge in [0.1, 0.15) is 5.52 Å². The van der Waals surface area contributed by atoms with Gasteiger partial charge in [-0.25, -0.2) is 13.8 Å². The molecule has 0 amide bonds. The molecule has 1 aromatic heterocycles. The fraction of sp³-hybridized carbons (Fsp3) is 0.182. The molecule has 0 radical (unpaired) electrons. The third-order valence-electron chi connectivity index (χ3n) is 2.17. The molecule has 2 aromatic rings. The Morgan fingerprint density at radius 3 is 2.57 bits per heavy atom. The third kappa shape index (κ3) is 1.35. The Morgan fingerprint density at radius 1 is 1.14 bits per heavy atom. The van der Waals surface area contributed by atoms with E-state index in [0.717, 1.165) is 11.8 Å². The van der Waals surface area contributed by atoms with Crippen molar-refractivity contribution in [1.82, 2.24) is 4.98 Å². The first-order chi connectivity index (χ1) is 6.72. The van der Waals surface area contributed by atoms with E-state index >= 15 is 0 Å². The summed E-state index contributed by atoms with van der Waals surface area (Å²) < 4.78 is 26.1. The minimum Gasteiger partial charge on any atom is -0.250 e. The average molecular weight is 193 g/mol. The second-order valence-electron chi connectivity index (χ2n) is 3.09. The van der Waals surface area contributed by atoms with Crippen molar-refractivity contribution in [1.29, 1.82) is 0 Å². The molecule has 1 heterocycles. The van der Waals surface area contributed by atoms with E-state index in [1.807, 2.05) is 13.0 Å². The minimum atomic E-state index is -0.863. The molecule has 0 saturated heterocycles. The molecular formula is C11H9F2N. The van der Waals surface area contributed by atoms with E-state index in [2.05, 4.69) is 4.98 Å². The Morgan fingerprint density at radius 2 is 1.86 bits per heavy atom. The summed E-state index contributed by atoms with van der Waals surface area (Å²) in [7, 11) is 0. The molecular weight excluding hydrogens is 184 g/mol. The van der Waals surface area contributed by atoms with E-state index < -0.39 is 11.6 Å². The van der Waals surface area contributed by atoms with Crippen molar-refractivity contribution < 1.29 is 8.78 Å². The van der Waals surface area contributed by atoms with E-state index in [1.165, 1.54) is 6.07 Å². The summed E-state index contributed by atoms with van der Waals surface area (Å²) in [5, 5.41) is 0.626. The number of hydrogen-bond donors (Lipinski definition) is 0. The molecule has 0 atom stereocenters. The molecule has 0 aliphatic heterocycles. The molecule has 0 saturated carbocycles. The number of nitrogens with zero attached hydrogens (tertiary/aromatic N) is 1. The van der Waals surface area contributed by atoms with Gasteiger partial charge in [0.05, 0.1) is 0 Å². The number of aryl methyl sites for hydroxylation is 1. The Kier molecular flexibility index (Phi) is 2.15. The highest BCUT2D eigenvalue weighted by Crippen LogP contribution is 2.18. The third-order valence-corrected chi connectivity index (χ3v) is 2.17. The van der Waals surface area contributed by atoms with Gasteiger partial charge in [-0.05, 0) is 24.6 Å². The fourth-order valence-corrected chi connectivity index (χ4v) is 1.37. The lowest BCUT2D eigenvalue weighted by Crippen LogP contribution is -1.92. The van der Waals surface area contributed by atoms with Gasteiger partial charge in [-0.2, -0.15) is 0 Å². The number of benzene rings is 1. The normalized spacial score (nSPS) is 10.8. The summed E-state index contributed by atoms with van der Waals surface area (Å²) >= 11 is 0. The Labute approximate surface area is 80.4 Å². The van der Waals surface area contributed by atoms with Crippen molar-refractivity contribution in [3.63, 3.8) is 0 Å². The monoisotopic (exact) mass is 193 g/mol. The second kappa shape index (κ2) is 3.33. The van der Waals surface area contributed by atoms with Gasteiger partial charge in [-0.15, -0.1) is 0 Å². The van der Waals surface area contributed by atoms with Crippen LogP contribution in [0.3, 0.4) is 0 Å². The summed E-state index contributed by atoms with van der Waals surface area (Å²) in [5.41, 5.74) is 0.881. The standard InChI is InChI=1S/C11H9F2N/c1-2-8-5-3-7-4-6-9(12)10(13)11(7)14-8/h3-6H,2H2,1H3. The van der Waals surface area contributed by atoms with Crippen molar-refractivity contribution in [2.75, 3.05) is 0 Å². The van der Waals surface area contributed by atoms with Crippen LogP contribution in [0.15, 0.2) is 24.3 Å². The smallest absolute Gasteiger partial charge is 0.184 e. The van der Waals surface area contributed by atoms with Crippen LogP contribution in [0.25, 0.3) is 10.9 Å². The van der Waals surface area contributed by atoms with E-state index in [1.54, 1.807) is 6.07 Å². The zero-order valence-electron chi connectivity index (χ0n) is 7.72. The van der Waals surface area contributed by atoms with Gasteiger partial charge in [0.15, 0.2) is 11.6 Å². The summed E-state index contributed by atoms with van der Waals surface area (Å²) in [6, 6.07) is 6.22. The molecule has 1 aromatic carbocycles. The number of hydrogen-bond acceptors (Lipinski definition) is 1. The summed E-state index contributed by atoms with van der Waals surface area (Å²) in [6.07, 6.45) is 0.714. The van der Waals surface area contributed by atoms with Crippen molar-refractivity contribution in [3.8, 4) is 0 Å². The van der Waals surface area contributed by atoms with Crippen LogP contribution in [0.2, 0.25) is 0 Å². The van der Waals surface area contributed by atoms with E-state index in [-0.39, 0.29) is 5.52 Å². The maximum Gasteiger partial charge on any atom is 0.184 e. The predicted octanol–water partition coefficient (Wildman–Crippen LogP) is 3.08. The summed E-state index contributed by atoms with van der Waals surface area (Å²) in [4.78, 5) is 4.04. The van der Waals surface area contributed by atoms with Crippen molar-refractivity contribution in [2.24, 2.45) is 0 Å². The van der Waals surface area contributed by atoms with Crippen LogP contribution in [-0.4, -0.2) is 4.98 Å². The van der Waals surface area contributed by atoms with Gasteiger partial charge in [-0.3, -0.25) is 0 Å². The quantitative estimate of drug-likeness (QED) is 0.678. The fourth-order valence-electron chi connectivity index (χ4n) is 1.37. The molecule has 0 N–H and O–H groups in total. The van der Waals surface area contributed by atoms with E-state index in [4.69, 9.17) is 0 Å². The maximum atomic E-state index is 13.3. The summed E-state index contributed by atoms with van der Waals surface area (Å²) in [5.74, 6) is -1.71. The second-order valence-corrected chi connectivity index (χ2v) is 3.09. The lowest BCUT2D eigenvalue weighted by atomic mass is 10.2. The largest absolute Gasteiger partial charge is 0.250 e. The molecule has 72 valence electrons. The zero-order chi connectivity index (χ0) is 10.1. The highest BCUT2D eigenvalue weighted by atomic mass is 19.2. The van der Waals surface area contributed by atoms with Gasteiger partial charge in [0, 0.05) is 11.1 Å². The number of pyridine rings is 1. The predicted molar refractivity (Wildman–Crippen MR) is 51.0 cm³/mol. The minimum absolute atomic E-state index is 0.115. The molecule has 0 aliphatic carbocycles. The molecule has 14 heavy (non-hydrogen) atoms. The molecule has 0 fully saturated rings. The van der Waals surface area contributed by atoms with E-state index in [0.29, 0.717) is 11.8 Å². The average Bonchev–Trinajstić information content (AvgIpc) is 2.23. The van der Waals surface area contributed by atoms with Crippen LogP contribution < -0.4 is 0 Å². The maximum absolute atomic E-state index is 13.3. The Bertz CT molecular complexity index is 480. The topological polar surface area (TPSA) is 12.9 Å². The first-order valence-electron chi connectivity index (χ1n) is 4.46. The molecule has 1 nitrogen and oxygen atoms in total. The van der Waals surface area contributed by atoms with E-state index in [9.17, 15) is 8.78 Å². The van der Waals surface area contributed by atoms with Crippen LogP contribution in [0.4, 0.5) is 8.78 Å². The number of halogens is 2. The number of aromatic nitrogens is 1. The lowest BCUT2D eigenvalue weighted by Gasteiger charge is -2.01. The molecule has 0 bridgehead atoms. The number of rotatable bonds is 1.